The number of hydrogen-bond donors (Lipinski definition) is 3. The van der Waals surface area contributed by atoms with Gasteiger partial charge in [-0.1, -0.05) is 19.9 Å². The third kappa shape index (κ3) is 5.32. The lowest BCUT2D eigenvalue weighted by Gasteiger charge is -2.58. The van der Waals surface area contributed by atoms with Gasteiger partial charge in [0.15, 0.2) is 23.7 Å². The quantitative estimate of drug-likeness (QED) is 0.330. The molecule has 0 saturated carbocycles. The molecule has 8 atom stereocenters. The number of methoxy groups -OCH3 is 1. The summed E-state index contributed by atoms with van der Waals surface area (Å²) in [5.74, 6) is -1.000. The lowest BCUT2D eigenvalue weighted by atomic mass is 9.52. The minimum Gasteiger partial charge on any atom is -0.493 e. The first-order chi connectivity index (χ1) is 20.8. The van der Waals surface area contributed by atoms with Crippen LogP contribution < -0.4 is 20.1 Å². The first-order valence-corrected chi connectivity index (χ1v) is 15.2. The van der Waals surface area contributed by atoms with Crippen molar-refractivity contribution in [2.24, 2.45) is 11.8 Å². The number of rotatable bonds is 10. The summed E-state index contributed by atoms with van der Waals surface area (Å²) in [7, 11) is 3.58. The van der Waals surface area contributed by atoms with Crippen LogP contribution in [0.5, 0.6) is 11.5 Å². The highest BCUT2D eigenvalue weighted by molar-refractivity contribution is 5.90. The summed E-state index contributed by atoms with van der Waals surface area (Å²) in [5, 5.41) is 16.8. The zero-order valence-electron chi connectivity index (χ0n) is 26.3. The van der Waals surface area contributed by atoms with E-state index in [0.717, 1.165) is 17.5 Å². The van der Waals surface area contributed by atoms with Crippen LogP contribution in [0.4, 0.5) is 0 Å². The van der Waals surface area contributed by atoms with E-state index in [2.05, 4.69) is 15.5 Å². The van der Waals surface area contributed by atoms with E-state index in [0.29, 0.717) is 30.9 Å². The Bertz CT molecular complexity index is 1380. The average Bonchev–Trinajstić information content (AvgIpc) is 3.32. The number of nitrogens with one attached hydrogen (secondary N) is 2. The van der Waals surface area contributed by atoms with Crippen molar-refractivity contribution in [2.45, 2.75) is 95.7 Å². The fourth-order valence-electron chi connectivity index (χ4n) is 7.49. The number of hydrogen-bond acceptors (Lipinski definition) is 10. The number of esters is 2. The number of aliphatic hydroxyl groups is 1. The van der Waals surface area contributed by atoms with E-state index in [1.165, 1.54) is 20.8 Å². The number of ether oxygens (including phenoxy) is 4. The van der Waals surface area contributed by atoms with E-state index in [1.807, 2.05) is 39.1 Å². The van der Waals surface area contributed by atoms with E-state index < -0.39 is 53.7 Å². The van der Waals surface area contributed by atoms with Gasteiger partial charge in [-0.15, -0.1) is 0 Å². The molecule has 44 heavy (non-hydrogen) atoms. The zero-order chi connectivity index (χ0) is 32.1. The van der Waals surface area contributed by atoms with Crippen molar-refractivity contribution in [1.29, 1.82) is 0 Å². The minimum atomic E-state index is -1.30. The number of carbonyl (C=O) groups excluding carboxylic acids is 4. The van der Waals surface area contributed by atoms with Gasteiger partial charge in [-0.2, -0.15) is 0 Å². The summed E-state index contributed by atoms with van der Waals surface area (Å²) in [6, 6.07) is 2.17. The second kappa shape index (κ2) is 12.0. The number of β-amino-alcohol motifs (C(OH)–C–C–N with tert-alkyl or cyclic N) is 1. The Morgan fingerprint density at radius 2 is 1.86 bits per heavy atom. The Labute approximate surface area is 257 Å². The molecule has 240 valence electrons. The topological polar surface area (TPSA) is 153 Å². The molecule has 1 fully saturated rings. The summed E-state index contributed by atoms with van der Waals surface area (Å²) in [4.78, 5) is 52.6. The largest absolute Gasteiger partial charge is 0.493 e. The minimum absolute atomic E-state index is 0.0290. The molecule has 0 radical (unpaired) electrons. The van der Waals surface area contributed by atoms with Gasteiger partial charge in [0.05, 0.1) is 18.6 Å². The molecule has 1 saturated heterocycles. The molecule has 1 spiro atoms. The van der Waals surface area contributed by atoms with E-state index >= 15 is 0 Å². The van der Waals surface area contributed by atoms with Crippen molar-refractivity contribution in [3.8, 4) is 11.5 Å². The van der Waals surface area contributed by atoms with Crippen LogP contribution in [0.2, 0.25) is 0 Å². The summed E-state index contributed by atoms with van der Waals surface area (Å²) < 4.78 is 23.3. The van der Waals surface area contributed by atoms with Crippen molar-refractivity contribution in [3.63, 3.8) is 0 Å². The zero-order valence-corrected chi connectivity index (χ0v) is 26.3. The van der Waals surface area contributed by atoms with Crippen LogP contribution in [0.25, 0.3) is 0 Å². The van der Waals surface area contributed by atoms with Crippen LogP contribution >= 0.6 is 0 Å². The molecule has 3 N–H and O–H groups in total. The summed E-state index contributed by atoms with van der Waals surface area (Å²) >= 11 is 0. The molecule has 2 bridgehead atoms. The maximum absolute atomic E-state index is 13.3. The Balaban J connectivity index is 1.30. The molecule has 1 aromatic carbocycles. The highest BCUT2D eigenvalue weighted by Crippen LogP contribution is 2.63. The Kier molecular flexibility index (Phi) is 8.69. The van der Waals surface area contributed by atoms with Gasteiger partial charge < -0.3 is 39.6 Å². The number of likely N-dealkylation sites (N-methyl/N-ethyl adjacent to an activating group) is 1. The lowest BCUT2D eigenvalue weighted by Crippen LogP contribution is -2.70. The monoisotopic (exact) mass is 613 g/mol. The van der Waals surface area contributed by atoms with Crippen molar-refractivity contribution >= 4 is 23.8 Å². The third-order valence-corrected chi connectivity index (χ3v) is 9.40. The Morgan fingerprint density at radius 3 is 2.52 bits per heavy atom. The van der Waals surface area contributed by atoms with Gasteiger partial charge in [0.25, 0.3) is 0 Å². The third-order valence-electron chi connectivity index (χ3n) is 9.40. The SMILES string of the molecule is COc1ccc2c3c1OC1C(OC(=O)C(C)OC(=O)[C@H](C)NC(=O)[C@H](CC(C)C)NC(C)=O)=CCC4C(C2)N(C)CC(O)C314. The predicted octanol–water partition coefficient (Wildman–Crippen LogP) is 1.36. The van der Waals surface area contributed by atoms with Crippen molar-refractivity contribution in [1.82, 2.24) is 15.5 Å². The maximum atomic E-state index is 13.3. The molecule has 2 amide bonds. The number of nitrogens with zero attached hydrogens (tertiary/aromatic N) is 1. The fourth-order valence-corrected chi connectivity index (χ4v) is 7.49. The smallest absolute Gasteiger partial charge is 0.352 e. The van der Waals surface area contributed by atoms with Crippen LogP contribution in [-0.2, 0) is 40.5 Å². The van der Waals surface area contributed by atoms with Gasteiger partial charge in [0.1, 0.15) is 17.8 Å². The average molecular weight is 614 g/mol. The summed E-state index contributed by atoms with van der Waals surface area (Å²) in [6.07, 6.45) is 0.746. The number of benzene rings is 1. The lowest BCUT2D eigenvalue weighted by molar-refractivity contribution is -0.168. The molecule has 1 aromatic rings. The van der Waals surface area contributed by atoms with Gasteiger partial charge in [-0.3, -0.25) is 9.59 Å². The second-order valence-electron chi connectivity index (χ2n) is 12.9. The van der Waals surface area contributed by atoms with Crippen LogP contribution in [0, 0.1) is 11.8 Å². The number of amides is 2. The molecule has 12 heteroatoms. The summed E-state index contributed by atoms with van der Waals surface area (Å²) in [6.45, 7) is 8.42. The van der Waals surface area contributed by atoms with Crippen molar-refractivity contribution < 1.29 is 43.2 Å². The van der Waals surface area contributed by atoms with Crippen LogP contribution in [0.3, 0.4) is 0 Å². The maximum Gasteiger partial charge on any atom is 0.352 e. The molecule has 4 aliphatic rings. The van der Waals surface area contributed by atoms with E-state index in [-0.39, 0.29) is 29.5 Å². The Morgan fingerprint density at radius 1 is 1.14 bits per heavy atom. The highest BCUT2D eigenvalue weighted by atomic mass is 16.6. The van der Waals surface area contributed by atoms with E-state index in [4.69, 9.17) is 18.9 Å². The van der Waals surface area contributed by atoms with E-state index in [1.54, 1.807) is 7.11 Å². The highest BCUT2D eigenvalue weighted by Gasteiger charge is 2.68. The molecule has 5 rings (SSSR count). The standard InChI is InChI=1S/C32H43N3O9/c1-15(2)12-21(34-18(5)36)29(38)33-16(3)30(39)42-17(4)31(40)43-24-11-9-20-22-13-19-8-10-23(41-7)27-26(19)32(20,28(24)44-27)25(37)14-35(22)6/h8,10-11,15-17,20-22,25,28,37H,9,12-14H2,1-7H3,(H,33,38)(H,34,36)/t16-,17?,20?,21-,22?,25?,28?,32?/m0/s1. The van der Waals surface area contributed by atoms with E-state index in [9.17, 15) is 24.3 Å². The number of piperidine rings is 1. The molecule has 2 aliphatic carbocycles. The number of likely N-dealkylation sites (tertiary alicyclic amines) is 1. The molecule has 2 aliphatic heterocycles. The van der Waals surface area contributed by atoms with Gasteiger partial charge in [0.2, 0.25) is 11.8 Å². The number of allylic oxidation sites excluding steroid dienone is 1. The van der Waals surface area contributed by atoms with Gasteiger partial charge in [0, 0.05) is 25.1 Å². The van der Waals surface area contributed by atoms with Crippen LogP contribution in [0.1, 0.15) is 58.6 Å². The normalized spacial score (nSPS) is 28.4. The van der Waals surface area contributed by atoms with Crippen LogP contribution in [-0.4, -0.2) is 90.9 Å². The number of carbonyl (C=O) groups is 4. The molecule has 2 heterocycles. The molecule has 12 nitrogen and oxygen atoms in total. The second-order valence-corrected chi connectivity index (χ2v) is 12.9. The molecule has 6 unspecified atom stereocenters. The molecular formula is C32H43N3O9. The van der Waals surface area contributed by atoms with Gasteiger partial charge in [-0.05, 0) is 69.7 Å². The first-order valence-electron chi connectivity index (χ1n) is 15.2. The molecule has 0 aromatic heterocycles. The molecular weight excluding hydrogens is 570 g/mol. The Hall–Kier alpha value is -3.64. The first kappa shape index (κ1) is 31.8. The van der Waals surface area contributed by atoms with Gasteiger partial charge >= 0.3 is 11.9 Å². The fraction of sp³-hybridized carbons (Fsp3) is 0.625. The van der Waals surface area contributed by atoms with Crippen molar-refractivity contribution in [2.75, 3.05) is 20.7 Å². The predicted molar refractivity (Wildman–Crippen MR) is 158 cm³/mol. The van der Waals surface area contributed by atoms with Crippen molar-refractivity contribution in [3.05, 3.63) is 35.1 Å². The van der Waals surface area contributed by atoms with Gasteiger partial charge in [-0.25, -0.2) is 9.59 Å². The summed E-state index contributed by atoms with van der Waals surface area (Å²) in [5.41, 5.74) is 1.18. The van der Waals surface area contributed by atoms with Crippen LogP contribution in [0.15, 0.2) is 24.0 Å². The number of aliphatic hydroxyl groups excluding tert-OH is 1.